The molecule has 4 nitrogen and oxygen atoms in total. The molecule has 0 saturated carbocycles. The molecule has 0 aliphatic rings. The number of thiocarbonyl (C=S) groups is 1. The molecule has 0 aromatic heterocycles. The molecule has 7 heteroatoms. The average Bonchev–Trinajstić information content (AvgIpc) is 2.55. The van der Waals surface area contributed by atoms with E-state index in [1.165, 1.54) is 6.07 Å². The smallest absolute Gasteiger partial charge is 0.186 e. The Bertz CT molecular complexity index is 724. The lowest BCUT2D eigenvalue weighted by molar-refractivity contribution is 0.299. The van der Waals surface area contributed by atoms with Gasteiger partial charge in [-0.15, -0.1) is 0 Å². The van der Waals surface area contributed by atoms with Gasteiger partial charge < -0.3 is 10.1 Å². The fourth-order valence-electron chi connectivity index (χ4n) is 1.74. The third-order valence-electron chi connectivity index (χ3n) is 2.91. The Morgan fingerprint density at radius 1 is 1.35 bits per heavy atom. The Hall–Kier alpha value is -1.99. The highest BCUT2D eigenvalue weighted by Gasteiger charge is 2.06. The van der Waals surface area contributed by atoms with Gasteiger partial charge in [-0.25, -0.2) is 4.39 Å². The van der Waals surface area contributed by atoms with Crippen LogP contribution in [0.15, 0.2) is 52.0 Å². The Morgan fingerprint density at radius 3 is 2.87 bits per heavy atom. The number of ether oxygens (including phenoxy) is 1. The highest BCUT2D eigenvalue weighted by atomic mass is 79.9. The van der Waals surface area contributed by atoms with E-state index in [-0.39, 0.29) is 12.4 Å². The van der Waals surface area contributed by atoms with Crippen molar-refractivity contribution in [2.75, 3.05) is 7.05 Å². The maximum Gasteiger partial charge on any atom is 0.186 e. The molecular formula is C16H15BrFN3OS. The fourth-order valence-corrected chi connectivity index (χ4v) is 2.17. The molecule has 0 bridgehead atoms. The van der Waals surface area contributed by atoms with E-state index in [2.05, 4.69) is 31.8 Å². The SMILES string of the molecule is CNC(=S)N/N=C\c1cc(Br)ccc1OCc1ccccc1F. The van der Waals surface area contributed by atoms with Crippen molar-refractivity contribution in [3.8, 4) is 5.75 Å². The maximum atomic E-state index is 13.6. The second-order valence-corrected chi connectivity index (χ2v) is 5.84. The van der Waals surface area contributed by atoms with Crippen molar-refractivity contribution in [2.45, 2.75) is 6.61 Å². The molecule has 0 atom stereocenters. The lowest BCUT2D eigenvalue weighted by Gasteiger charge is -2.10. The van der Waals surface area contributed by atoms with Crippen LogP contribution in [0.3, 0.4) is 0 Å². The minimum Gasteiger partial charge on any atom is -0.488 e. The average molecular weight is 396 g/mol. The van der Waals surface area contributed by atoms with E-state index in [4.69, 9.17) is 17.0 Å². The summed E-state index contributed by atoms with van der Waals surface area (Å²) in [5.74, 6) is 0.304. The lowest BCUT2D eigenvalue weighted by atomic mass is 10.2. The molecule has 0 amide bonds. The third kappa shape index (κ3) is 5.30. The molecule has 0 spiro atoms. The van der Waals surface area contributed by atoms with Gasteiger partial charge >= 0.3 is 0 Å². The van der Waals surface area contributed by atoms with E-state index in [1.54, 1.807) is 37.5 Å². The quantitative estimate of drug-likeness (QED) is 0.461. The number of hydrazone groups is 1. The minimum atomic E-state index is -0.291. The predicted octanol–water partition coefficient (Wildman–Crippen LogP) is 3.60. The van der Waals surface area contributed by atoms with Crippen molar-refractivity contribution in [1.82, 2.24) is 10.7 Å². The van der Waals surface area contributed by atoms with Crippen LogP contribution in [0, 0.1) is 5.82 Å². The summed E-state index contributed by atoms with van der Waals surface area (Å²) in [6.07, 6.45) is 1.59. The summed E-state index contributed by atoms with van der Waals surface area (Å²) in [4.78, 5) is 0. The van der Waals surface area contributed by atoms with Gasteiger partial charge in [0.05, 0.1) is 6.21 Å². The zero-order valence-corrected chi connectivity index (χ0v) is 14.7. The number of hydrogen-bond acceptors (Lipinski definition) is 3. The van der Waals surface area contributed by atoms with Crippen LogP contribution < -0.4 is 15.5 Å². The van der Waals surface area contributed by atoms with E-state index in [0.29, 0.717) is 16.4 Å². The number of nitrogens with zero attached hydrogens (tertiary/aromatic N) is 1. The second kappa shape index (κ2) is 8.59. The standard InChI is InChI=1S/C16H15BrFN3OS/c1-19-16(23)21-20-9-12-8-13(17)6-7-15(12)22-10-11-4-2-3-5-14(11)18/h2-9H,10H2,1H3,(H2,19,21,23)/b20-9-. The highest BCUT2D eigenvalue weighted by Crippen LogP contribution is 2.23. The van der Waals surface area contributed by atoms with E-state index in [0.717, 1.165) is 10.0 Å². The Kier molecular flexibility index (Phi) is 6.49. The summed E-state index contributed by atoms with van der Waals surface area (Å²) in [5.41, 5.74) is 3.90. The van der Waals surface area contributed by atoms with Gasteiger partial charge in [0.2, 0.25) is 0 Å². The van der Waals surface area contributed by atoms with Crippen LogP contribution in [0.25, 0.3) is 0 Å². The molecule has 2 N–H and O–H groups in total. The van der Waals surface area contributed by atoms with Crippen LogP contribution in [0.2, 0.25) is 0 Å². The first kappa shape index (κ1) is 17.4. The van der Waals surface area contributed by atoms with Crippen LogP contribution in [0.1, 0.15) is 11.1 Å². The van der Waals surface area contributed by atoms with Crippen LogP contribution in [-0.4, -0.2) is 18.4 Å². The van der Waals surface area contributed by atoms with Gasteiger partial charge in [0, 0.05) is 22.6 Å². The molecule has 23 heavy (non-hydrogen) atoms. The van der Waals surface area contributed by atoms with E-state index in [9.17, 15) is 4.39 Å². The van der Waals surface area contributed by atoms with Gasteiger partial charge in [-0.05, 0) is 36.5 Å². The van der Waals surface area contributed by atoms with Crippen LogP contribution >= 0.6 is 28.1 Å². The van der Waals surface area contributed by atoms with Crippen molar-refractivity contribution < 1.29 is 9.13 Å². The molecule has 0 saturated heterocycles. The molecule has 2 rings (SSSR count). The number of rotatable bonds is 5. The van der Waals surface area contributed by atoms with E-state index in [1.807, 2.05) is 12.1 Å². The van der Waals surface area contributed by atoms with Crippen molar-refractivity contribution >= 4 is 39.5 Å². The van der Waals surface area contributed by atoms with Crippen molar-refractivity contribution in [1.29, 1.82) is 0 Å². The van der Waals surface area contributed by atoms with Crippen molar-refractivity contribution in [3.05, 3.63) is 63.9 Å². The topological polar surface area (TPSA) is 45.7 Å². The zero-order valence-electron chi connectivity index (χ0n) is 12.3. The Balaban J connectivity index is 2.12. The van der Waals surface area contributed by atoms with Gasteiger partial charge in [-0.2, -0.15) is 5.10 Å². The first-order valence-electron chi connectivity index (χ1n) is 6.76. The third-order valence-corrected chi connectivity index (χ3v) is 3.70. The normalized spacial score (nSPS) is 10.6. The fraction of sp³-hybridized carbons (Fsp3) is 0.125. The van der Waals surface area contributed by atoms with Crippen molar-refractivity contribution in [2.24, 2.45) is 5.10 Å². The number of nitrogens with one attached hydrogen (secondary N) is 2. The molecule has 0 aliphatic carbocycles. The van der Waals surface area contributed by atoms with Gasteiger partial charge in [0.25, 0.3) is 0 Å². The summed E-state index contributed by atoms with van der Waals surface area (Å²) < 4.78 is 20.2. The molecule has 0 unspecified atom stereocenters. The van der Waals surface area contributed by atoms with Crippen LogP contribution in [0.5, 0.6) is 5.75 Å². The summed E-state index contributed by atoms with van der Waals surface area (Å²) in [6.45, 7) is 0.136. The minimum absolute atomic E-state index is 0.136. The number of benzene rings is 2. The molecule has 0 fully saturated rings. The van der Waals surface area contributed by atoms with E-state index < -0.39 is 0 Å². The molecule has 0 heterocycles. The summed E-state index contributed by atoms with van der Waals surface area (Å²) >= 11 is 8.34. The Morgan fingerprint density at radius 2 is 2.13 bits per heavy atom. The first-order valence-corrected chi connectivity index (χ1v) is 7.97. The van der Waals surface area contributed by atoms with Gasteiger partial charge in [0.1, 0.15) is 18.2 Å². The largest absolute Gasteiger partial charge is 0.488 e. The molecule has 2 aromatic carbocycles. The monoisotopic (exact) mass is 395 g/mol. The van der Waals surface area contributed by atoms with Crippen LogP contribution in [-0.2, 0) is 6.61 Å². The summed E-state index contributed by atoms with van der Waals surface area (Å²) in [6, 6.07) is 12.0. The van der Waals surface area contributed by atoms with Gasteiger partial charge in [-0.3, -0.25) is 5.43 Å². The predicted molar refractivity (Wildman–Crippen MR) is 97.3 cm³/mol. The summed E-state index contributed by atoms with van der Waals surface area (Å²) in [5, 5.41) is 7.20. The maximum absolute atomic E-state index is 13.6. The Labute approximate surface area is 147 Å². The van der Waals surface area contributed by atoms with Crippen molar-refractivity contribution in [3.63, 3.8) is 0 Å². The first-order chi connectivity index (χ1) is 11.1. The molecule has 0 radical (unpaired) electrons. The van der Waals surface area contributed by atoms with Gasteiger partial charge in [0.15, 0.2) is 5.11 Å². The summed E-state index contributed by atoms with van der Waals surface area (Å²) in [7, 11) is 1.70. The number of hydrogen-bond donors (Lipinski definition) is 2. The van der Waals surface area contributed by atoms with E-state index >= 15 is 0 Å². The molecule has 120 valence electrons. The number of halogens is 2. The second-order valence-electron chi connectivity index (χ2n) is 4.51. The molecule has 0 aliphatic heterocycles. The molecule has 2 aromatic rings. The lowest BCUT2D eigenvalue weighted by Crippen LogP contribution is -2.28. The zero-order chi connectivity index (χ0) is 16.7. The molecular weight excluding hydrogens is 381 g/mol. The highest BCUT2D eigenvalue weighted by molar-refractivity contribution is 9.10. The van der Waals surface area contributed by atoms with Crippen LogP contribution in [0.4, 0.5) is 4.39 Å². The van der Waals surface area contributed by atoms with Gasteiger partial charge in [-0.1, -0.05) is 34.1 Å².